The Bertz CT molecular complexity index is 1090. The van der Waals surface area contributed by atoms with E-state index < -0.39 is 0 Å². The van der Waals surface area contributed by atoms with Crippen LogP contribution in [0.5, 0.6) is 0 Å². The van der Waals surface area contributed by atoms with Gasteiger partial charge in [0.25, 0.3) is 11.8 Å². The van der Waals surface area contributed by atoms with E-state index in [1.807, 2.05) is 23.1 Å². The first-order valence-corrected chi connectivity index (χ1v) is 10.5. The number of likely N-dealkylation sites (tertiary alicyclic amines) is 1. The van der Waals surface area contributed by atoms with Crippen LogP contribution in [0.3, 0.4) is 0 Å². The summed E-state index contributed by atoms with van der Waals surface area (Å²) in [4.78, 5) is 27.7. The van der Waals surface area contributed by atoms with Crippen molar-refractivity contribution in [2.45, 2.75) is 12.3 Å². The van der Waals surface area contributed by atoms with Crippen LogP contribution in [0.2, 0.25) is 10.0 Å². The molecule has 1 fully saturated rings. The van der Waals surface area contributed by atoms with Crippen LogP contribution >= 0.6 is 23.2 Å². The van der Waals surface area contributed by atoms with Gasteiger partial charge in [0.1, 0.15) is 0 Å². The maximum absolute atomic E-state index is 13.2. The van der Waals surface area contributed by atoms with Crippen molar-refractivity contribution < 1.29 is 9.59 Å². The Kier molecular flexibility index (Phi) is 6.07. The summed E-state index contributed by atoms with van der Waals surface area (Å²) in [5, 5.41) is 3.52. The largest absolute Gasteiger partial charge is 0.338 e. The number of carbonyl (C=O) groups excluding carboxylic acids is 2. The molecule has 0 aliphatic carbocycles. The maximum atomic E-state index is 13.2. The molecule has 1 aliphatic rings. The smallest absolute Gasteiger partial charge is 0.255 e. The molecule has 1 heterocycles. The van der Waals surface area contributed by atoms with Crippen LogP contribution in [0, 0.1) is 0 Å². The first kappa shape index (κ1) is 20.5. The van der Waals surface area contributed by atoms with Crippen LogP contribution in [0.25, 0.3) is 0 Å². The number of anilines is 1. The summed E-state index contributed by atoms with van der Waals surface area (Å²) >= 11 is 11.9. The number of carbonyl (C=O) groups is 2. The van der Waals surface area contributed by atoms with Crippen molar-refractivity contribution in [1.29, 1.82) is 0 Å². The molecule has 0 saturated carbocycles. The summed E-state index contributed by atoms with van der Waals surface area (Å²) in [6.07, 6.45) is 0.924. The van der Waals surface area contributed by atoms with Crippen molar-refractivity contribution in [2.24, 2.45) is 0 Å². The maximum Gasteiger partial charge on any atom is 0.255 e. The van der Waals surface area contributed by atoms with E-state index in [0.29, 0.717) is 45.9 Å². The first-order chi connectivity index (χ1) is 14.5. The lowest BCUT2D eigenvalue weighted by Gasteiger charge is -2.19. The third kappa shape index (κ3) is 4.35. The molecule has 1 N–H and O–H groups in total. The van der Waals surface area contributed by atoms with E-state index in [1.165, 1.54) is 11.6 Å². The second kappa shape index (κ2) is 8.90. The second-order valence-electron chi connectivity index (χ2n) is 7.28. The average Bonchev–Trinajstić information content (AvgIpc) is 3.26. The van der Waals surface area contributed by atoms with Crippen molar-refractivity contribution in [3.8, 4) is 0 Å². The molecule has 0 spiro atoms. The van der Waals surface area contributed by atoms with Gasteiger partial charge in [0.2, 0.25) is 0 Å². The molecule has 0 bridgehead atoms. The highest BCUT2D eigenvalue weighted by Gasteiger charge is 2.29. The summed E-state index contributed by atoms with van der Waals surface area (Å²) in [7, 11) is 0. The molecule has 152 valence electrons. The van der Waals surface area contributed by atoms with E-state index >= 15 is 0 Å². The van der Waals surface area contributed by atoms with Gasteiger partial charge in [0.05, 0.1) is 21.3 Å². The zero-order chi connectivity index (χ0) is 21.1. The standard InChI is InChI=1S/C24H20Cl2N2O2/c25-20-11-10-17(14-21(20)26)23(29)27-22-9-5-4-8-19(22)24(30)28-13-12-18(15-28)16-6-2-1-3-7-16/h1-11,14,18H,12-13,15H2,(H,27,29). The van der Waals surface area contributed by atoms with Crippen LogP contribution in [-0.4, -0.2) is 29.8 Å². The molecule has 1 atom stereocenters. The fourth-order valence-electron chi connectivity index (χ4n) is 3.72. The van der Waals surface area contributed by atoms with Crippen LogP contribution in [0.4, 0.5) is 5.69 Å². The Hall–Kier alpha value is -2.82. The molecule has 6 heteroatoms. The summed E-state index contributed by atoms with van der Waals surface area (Å²) in [5.74, 6) is -0.107. The van der Waals surface area contributed by atoms with Gasteiger partial charge in [0, 0.05) is 24.6 Å². The molecule has 1 aliphatic heterocycles. The Balaban J connectivity index is 1.51. The van der Waals surface area contributed by atoms with E-state index in [4.69, 9.17) is 23.2 Å². The number of hydrogen-bond acceptors (Lipinski definition) is 2. The predicted octanol–water partition coefficient (Wildman–Crippen LogP) is 5.88. The molecule has 1 unspecified atom stereocenters. The second-order valence-corrected chi connectivity index (χ2v) is 8.09. The minimum Gasteiger partial charge on any atom is -0.338 e. The zero-order valence-electron chi connectivity index (χ0n) is 16.1. The summed E-state index contributed by atoms with van der Waals surface area (Å²) < 4.78 is 0. The van der Waals surface area contributed by atoms with Crippen molar-refractivity contribution in [3.63, 3.8) is 0 Å². The minimum atomic E-state index is -0.350. The van der Waals surface area contributed by atoms with Gasteiger partial charge in [-0.2, -0.15) is 0 Å². The molecule has 0 aromatic heterocycles. The summed E-state index contributed by atoms with van der Waals surface area (Å²) in [5.41, 5.74) is 2.56. The minimum absolute atomic E-state index is 0.0848. The van der Waals surface area contributed by atoms with Gasteiger partial charge in [-0.15, -0.1) is 0 Å². The molecule has 0 radical (unpaired) electrons. The highest BCUT2D eigenvalue weighted by atomic mass is 35.5. The van der Waals surface area contributed by atoms with Crippen LogP contribution < -0.4 is 5.32 Å². The Morgan fingerprint density at radius 1 is 0.900 bits per heavy atom. The van der Waals surface area contributed by atoms with Gasteiger partial charge in [0.15, 0.2) is 0 Å². The predicted molar refractivity (Wildman–Crippen MR) is 121 cm³/mol. The number of para-hydroxylation sites is 1. The number of hydrogen-bond donors (Lipinski definition) is 1. The number of rotatable bonds is 4. The third-order valence-corrected chi connectivity index (χ3v) is 6.07. The van der Waals surface area contributed by atoms with E-state index in [2.05, 4.69) is 17.4 Å². The average molecular weight is 439 g/mol. The molecule has 30 heavy (non-hydrogen) atoms. The fraction of sp³-hybridized carbons (Fsp3) is 0.167. The fourth-order valence-corrected chi connectivity index (χ4v) is 4.02. The Morgan fingerprint density at radius 3 is 2.40 bits per heavy atom. The van der Waals surface area contributed by atoms with Gasteiger partial charge in [-0.05, 0) is 42.3 Å². The van der Waals surface area contributed by atoms with Crippen molar-refractivity contribution >= 4 is 40.7 Å². The number of halogens is 2. The van der Waals surface area contributed by atoms with Gasteiger partial charge in [-0.25, -0.2) is 0 Å². The number of benzene rings is 3. The Morgan fingerprint density at radius 2 is 1.63 bits per heavy atom. The molecule has 4 rings (SSSR count). The SMILES string of the molecule is O=C(Nc1ccccc1C(=O)N1CCC(c2ccccc2)C1)c1ccc(Cl)c(Cl)c1. The van der Waals surface area contributed by atoms with Gasteiger partial charge < -0.3 is 10.2 Å². The number of amides is 2. The quantitative estimate of drug-likeness (QED) is 0.552. The van der Waals surface area contributed by atoms with Crippen molar-refractivity contribution in [3.05, 3.63) is 99.5 Å². The monoisotopic (exact) mass is 438 g/mol. The molecular formula is C24H20Cl2N2O2. The lowest BCUT2D eigenvalue weighted by atomic mass is 9.99. The van der Waals surface area contributed by atoms with Crippen LogP contribution in [0.15, 0.2) is 72.8 Å². The lowest BCUT2D eigenvalue weighted by molar-refractivity contribution is 0.0792. The molecule has 1 saturated heterocycles. The highest BCUT2D eigenvalue weighted by molar-refractivity contribution is 6.42. The number of nitrogens with zero attached hydrogens (tertiary/aromatic N) is 1. The number of nitrogens with one attached hydrogen (secondary N) is 1. The van der Waals surface area contributed by atoms with Crippen LogP contribution in [-0.2, 0) is 0 Å². The Labute approximate surface area is 185 Å². The molecule has 2 amide bonds. The van der Waals surface area contributed by atoms with E-state index in [1.54, 1.807) is 36.4 Å². The van der Waals surface area contributed by atoms with E-state index in [9.17, 15) is 9.59 Å². The summed E-state index contributed by atoms with van der Waals surface area (Å²) in [6, 6.07) is 22.0. The van der Waals surface area contributed by atoms with E-state index in [0.717, 1.165) is 6.42 Å². The molecule has 3 aromatic rings. The summed E-state index contributed by atoms with van der Waals surface area (Å²) in [6.45, 7) is 1.35. The zero-order valence-corrected chi connectivity index (χ0v) is 17.7. The molecule has 3 aromatic carbocycles. The van der Waals surface area contributed by atoms with Gasteiger partial charge in [-0.3, -0.25) is 9.59 Å². The molecule has 4 nitrogen and oxygen atoms in total. The lowest BCUT2D eigenvalue weighted by Crippen LogP contribution is -2.29. The molecular weight excluding hydrogens is 419 g/mol. The van der Waals surface area contributed by atoms with Crippen molar-refractivity contribution in [2.75, 3.05) is 18.4 Å². The third-order valence-electron chi connectivity index (χ3n) is 5.33. The normalized spacial score (nSPS) is 15.8. The van der Waals surface area contributed by atoms with Gasteiger partial charge in [-0.1, -0.05) is 65.7 Å². The van der Waals surface area contributed by atoms with Crippen LogP contribution in [0.1, 0.15) is 38.6 Å². The topological polar surface area (TPSA) is 49.4 Å². The highest BCUT2D eigenvalue weighted by Crippen LogP contribution is 2.29. The first-order valence-electron chi connectivity index (χ1n) is 9.72. The van der Waals surface area contributed by atoms with Gasteiger partial charge >= 0.3 is 0 Å². The van der Waals surface area contributed by atoms with Crippen molar-refractivity contribution in [1.82, 2.24) is 4.90 Å². The van der Waals surface area contributed by atoms with E-state index in [-0.39, 0.29) is 11.8 Å².